The van der Waals surface area contributed by atoms with Crippen LogP contribution in [0.5, 0.6) is 0 Å². The minimum absolute atomic E-state index is 0.448. The van der Waals surface area contributed by atoms with Crippen LogP contribution in [0.25, 0.3) is 0 Å². The molecule has 2 fully saturated rings. The van der Waals surface area contributed by atoms with Crippen LogP contribution in [-0.4, -0.2) is 37.1 Å². The molecule has 0 aliphatic carbocycles. The molecule has 1 aromatic rings. The van der Waals surface area contributed by atoms with Gasteiger partial charge in [0.25, 0.3) is 0 Å². The first-order chi connectivity index (χ1) is 8.24. The Bertz CT molecular complexity index is 422. The topological polar surface area (TPSA) is 6.48 Å². The molecule has 2 nitrogen and oxygen atoms in total. The Hall–Kier alpha value is -1.16. The minimum Gasteiger partial charge on any atom is -0.366 e. The number of piperazine rings is 1. The van der Waals surface area contributed by atoms with Crippen LogP contribution in [0.4, 0.5) is 14.5 Å². The minimum atomic E-state index is -0.509. The highest BCUT2D eigenvalue weighted by atomic mass is 19.1. The number of halogens is 2. The van der Waals surface area contributed by atoms with Crippen LogP contribution < -0.4 is 4.90 Å². The smallest absolute Gasteiger partial charge is 0.149 e. The number of nitrogens with zero attached hydrogens (tertiary/aromatic N) is 2. The third-order valence-electron chi connectivity index (χ3n) is 3.84. The molecule has 0 saturated carbocycles. The molecule has 0 bridgehead atoms. The molecule has 1 unspecified atom stereocenters. The maximum absolute atomic E-state index is 13.7. The Morgan fingerprint density at radius 2 is 2.00 bits per heavy atom. The summed E-state index contributed by atoms with van der Waals surface area (Å²) in [6.07, 6.45) is 2.43. The first-order valence-electron chi connectivity index (χ1n) is 6.18. The van der Waals surface area contributed by atoms with Gasteiger partial charge >= 0.3 is 0 Å². The maximum atomic E-state index is 13.7. The van der Waals surface area contributed by atoms with E-state index >= 15 is 0 Å². The second kappa shape index (κ2) is 4.26. The van der Waals surface area contributed by atoms with Gasteiger partial charge in [-0.3, -0.25) is 4.90 Å². The summed E-state index contributed by atoms with van der Waals surface area (Å²) in [5.74, 6) is -0.956. The van der Waals surface area contributed by atoms with Crippen molar-refractivity contribution in [1.29, 1.82) is 0 Å². The van der Waals surface area contributed by atoms with E-state index in [1.54, 1.807) is 6.07 Å². The van der Waals surface area contributed by atoms with Crippen molar-refractivity contribution in [3.63, 3.8) is 0 Å². The van der Waals surface area contributed by atoms with Crippen molar-refractivity contribution in [3.05, 3.63) is 29.8 Å². The third kappa shape index (κ3) is 2.02. The lowest BCUT2D eigenvalue weighted by atomic mass is 10.1. The number of anilines is 1. The van der Waals surface area contributed by atoms with E-state index in [4.69, 9.17) is 0 Å². The second-order valence-corrected chi connectivity index (χ2v) is 4.87. The fourth-order valence-electron chi connectivity index (χ4n) is 2.95. The molecule has 1 aromatic carbocycles. The summed E-state index contributed by atoms with van der Waals surface area (Å²) < 4.78 is 26.5. The van der Waals surface area contributed by atoms with E-state index in [0.29, 0.717) is 11.7 Å². The van der Waals surface area contributed by atoms with E-state index in [-0.39, 0.29) is 0 Å². The van der Waals surface area contributed by atoms with Crippen molar-refractivity contribution >= 4 is 5.69 Å². The van der Waals surface area contributed by atoms with E-state index in [9.17, 15) is 8.78 Å². The lowest BCUT2D eigenvalue weighted by Gasteiger charge is -2.38. The number of benzene rings is 1. The zero-order chi connectivity index (χ0) is 11.8. The van der Waals surface area contributed by atoms with Gasteiger partial charge in [0, 0.05) is 31.7 Å². The SMILES string of the molecule is Fc1ccc(N2CCN3CCCC3C2)c(F)c1. The number of rotatable bonds is 1. The van der Waals surface area contributed by atoms with Crippen LogP contribution >= 0.6 is 0 Å². The van der Waals surface area contributed by atoms with E-state index in [1.165, 1.54) is 25.5 Å². The van der Waals surface area contributed by atoms with Gasteiger partial charge in [-0.05, 0) is 31.5 Å². The molecule has 17 heavy (non-hydrogen) atoms. The molecule has 0 N–H and O–H groups in total. The molecule has 4 heteroatoms. The highest BCUT2D eigenvalue weighted by Gasteiger charge is 2.31. The van der Waals surface area contributed by atoms with Crippen LogP contribution in [0.3, 0.4) is 0 Å². The highest BCUT2D eigenvalue weighted by molar-refractivity contribution is 5.48. The first-order valence-corrected chi connectivity index (χ1v) is 6.18. The average Bonchev–Trinajstić information content (AvgIpc) is 2.75. The number of fused-ring (bicyclic) bond motifs is 1. The molecule has 2 saturated heterocycles. The zero-order valence-corrected chi connectivity index (χ0v) is 9.70. The molecule has 0 spiro atoms. The summed E-state index contributed by atoms with van der Waals surface area (Å²) in [6.45, 7) is 3.85. The van der Waals surface area contributed by atoms with Crippen molar-refractivity contribution in [2.45, 2.75) is 18.9 Å². The van der Waals surface area contributed by atoms with Crippen molar-refractivity contribution < 1.29 is 8.78 Å². The molecular weight excluding hydrogens is 222 g/mol. The molecule has 92 valence electrons. The summed E-state index contributed by atoms with van der Waals surface area (Å²) in [4.78, 5) is 4.51. The van der Waals surface area contributed by atoms with Crippen molar-refractivity contribution in [2.75, 3.05) is 31.1 Å². The Labute approximate surface area is 99.8 Å². The number of hydrogen-bond acceptors (Lipinski definition) is 2. The Morgan fingerprint density at radius 1 is 1.12 bits per heavy atom. The van der Waals surface area contributed by atoms with Gasteiger partial charge in [-0.25, -0.2) is 8.78 Å². The largest absolute Gasteiger partial charge is 0.366 e. The van der Waals surface area contributed by atoms with E-state index in [0.717, 1.165) is 25.7 Å². The van der Waals surface area contributed by atoms with Gasteiger partial charge < -0.3 is 4.90 Å². The van der Waals surface area contributed by atoms with Crippen molar-refractivity contribution in [3.8, 4) is 0 Å². The van der Waals surface area contributed by atoms with E-state index in [1.807, 2.05) is 4.90 Å². The normalized spacial score (nSPS) is 25.1. The van der Waals surface area contributed by atoms with Crippen LogP contribution in [-0.2, 0) is 0 Å². The van der Waals surface area contributed by atoms with Crippen molar-refractivity contribution in [1.82, 2.24) is 4.90 Å². The van der Waals surface area contributed by atoms with Gasteiger partial charge in [-0.1, -0.05) is 0 Å². The molecule has 0 amide bonds. The third-order valence-corrected chi connectivity index (χ3v) is 3.84. The standard InChI is InChI=1S/C13H16F2N2/c14-10-3-4-13(12(15)8-10)17-7-6-16-5-1-2-11(16)9-17/h3-4,8,11H,1-2,5-7,9H2. The lowest BCUT2D eigenvalue weighted by molar-refractivity contribution is 0.230. The molecule has 0 radical (unpaired) electrons. The van der Waals surface area contributed by atoms with Gasteiger partial charge in [0.2, 0.25) is 0 Å². The summed E-state index contributed by atoms with van der Waals surface area (Å²) in [6, 6.07) is 4.40. The van der Waals surface area contributed by atoms with Gasteiger partial charge in [-0.15, -0.1) is 0 Å². The summed E-state index contributed by atoms with van der Waals surface area (Å²) in [5.41, 5.74) is 0.540. The second-order valence-electron chi connectivity index (χ2n) is 4.87. The Morgan fingerprint density at radius 3 is 2.82 bits per heavy atom. The van der Waals surface area contributed by atoms with Crippen molar-refractivity contribution in [2.24, 2.45) is 0 Å². The highest BCUT2D eigenvalue weighted by Crippen LogP contribution is 2.27. The first kappa shape index (κ1) is 11.0. The molecular formula is C13H16F2N2. The molecule has 2 aliphatic rings. The van der Waals surface area contributed by atoms with Crippen LogP contribution in [0.2, 0.25) is 0 Å². The van der Waals surface area contributed by atoms with E-state index in [2.05, 4.69) is 4.90 Å². The van der Waals surface area contributed by atoms with Crippen LogP contribution in [0.15, 0.2) is 18.2 Å². The summed E-state index contributed by atoms with van der Waals surface area (Å²) in [5, 5.41) is 0. The quantitative estimate of drug-likeness (QED) is 0.740. The molecule has 2 aliphatic heterocycles. The number of hydrogen-bond donors (Lipinski definition) is 0. The van der Waals surface area contributed by atoms with Gasteiger partial charge in [0.1, 0.15) is 11.6 Å². The van der Waals surface area contributed by atoms with Gasteiger partial charge in [0.05, 0.1) is 5.69 Å². The molecule has 2 heterocycles. The lowest BCUT2D eigenvalue weighted by Crippen LogP contribution is -2.50. The van der Waals surface area contributed by atoms with Gasteiger partial charge in [-0.2, -0.15) is 0 Å². The Balaban J connectivity index is 1.80. The summed E-state index contributed by atoms with van der Waals surface area (Å²) in [7, 11) is 0. The predicted molar refractivity (Wildman–Crippen MR) is 63.2 cm³/mol. The van der Waals surface area contributed by atoms with Crippen LogP contribution in [0.1, 0.15) is 12.8 Å². The fourth-order valence-corrected chi connectivity index (χ4v) is 2.95. The van der Waals surface area contributed by atoms with E-state index < -0.39 is 11.6 Å². The molecule has 3 rings (SSSR count). The molecule has 0 aromatic heterocycles. The average molecular weight is 238 g/mol. The summed E-state index contributed by atoms with van der Waals surface area (Å²) >= 11 is 0. The monoisotopic (exact) mass is 238 g/mol. The van der Waals surface area contributed by atoms with Gasteiger partial charge in [0.15, 0.2) is 0 Å². The predicted octanol–water partition coefficient (Wildman–Crippen LogP) is 2.25. The zero-order valence-electron chi connectivity index (χ0n) is 9.70. The maximum Gasteiger partial charge on any atom is 0.149 e. The molecule has 1 atom stereocenters. The Kier molecular flexibility index (Phi) is 2.74. The van der Waals surface area contributed by atoms with Crippen LogP contribution in [0, 0.1) is 11.6 Å². The fraction of sp³-hybridized carbons (Fsp3) is 0.538.